The topological polar surface area (TPSA) is 79.3 Å². The number of aryl methyl sites for hydroxylation is 1. The number of nitrogens with zero attached hydrogens (tertiary/aromatic N) is 2. The summed E-state index contributed by atoms with van der Waals surface area (Å²) in [6, 6.07) is 17.8. The van der Waals surface area contributed by atoms with Gasteiger partial charge in [-0.1, -0.05) is 35.9 Å². The number of carbonyl (C=O) groups excluding carboxylic acids is 2. The van der Waals surface area contributed by atoms with Gasteiger partial charge in [0.2, 0.25) is 0 Å². The van der Waals surface area contributed by atoms with Crippen molar-refractivity contribution >= 4 is 34.7 Å². The molecule has 4 rings (SSSR count). The zero-order valence-electron chi connectivity index (χ0n) is 22.1. The number of rotatable bonds is 8. The fraction of sp³-hybridized carbons (Fsp3) is 0.267. The van der Waals surface area contributed by atoms with E-state index in [4.69, 9.17) is 21.1 Å². The monoisotopic (exact) mass is 534 g/mol. The average molecular weight is 535 g/mol. The van der Waals surface area contributed by atoms with Crippen molar-refractivity contribution in [1.29, 1.82) is 0 Å². The van der Waals surface area contributed by atoms with Gasteiger partial charge in [-0.05, 0) is 66.4 Å². The molecule has 1 atom stereocenters. The molecule has 0 spiro atoms. The lowest BCUT2D eigenvalue weighted by atomic mass is 9.94. The lowest BCUT2D eigenvalue weighted by molar-refractivity contribution is -0.139. The standard InChI is InChI=1S/C30H31ClN2O5/c1-18-16-23(29(38-5)24(31)17-18)27(34)25-26(20-8-10-21(11-9-20)32(2)3)33(30(36)28(25)35)15-14-19-6-12-22(37-4)13-7-19/h6-13,16-17,26,34H,14-15H2,1-5H3/b27-25+. The quantitative estimate of drug-likeness (QED) is 0.237. The van der Waals surface area contributed by atoms with E-state index in [1.54, 1.807) is 19.2 Å². The lowest BCUT2D eigenvalue weighted by Gasteiger charge is -2.26. The SMILES string of the molecule is COc1ccc(CCN2C(=O)C(=O)/C(=C(/O)c3cc(C)cc(Cl)c3OC)C2c2ccc(N(C)C)cc2)cc1. The molecule has 0 saturated carbocycles. The van der Waals surface area contributed by atoms with Gasteiger partial charge in [0.15, 0.2) is 0 Å². The van der Waals surface area contributed by atoms with Crippen LogP contribution in [-0.4, -0.2) is 56.6 Å². The number of anilines is 1. The molecular weight excluding hydrogens is 504 g/mol. The molecule has 1 fully saturated rings. The first-order valence-corrected chi connectivity index (χ1v) is 12.6. The van der Waals surface area contributed by atoms with Crippen molar-refractivity contribution < 1.29 is 24.2 Å². The number of amides is 1. The summed E-state index contributed by atoms with van der Waals surface area (Å²) in [5.41, 5.74) is 3.71. The normalized spacial score (nSPS) is 16.6. The Morgan fingerprint density at radius 1 is 1.00 bits per heavy atom. The van der Waals surface area contributed by atoms with Crippen LogP contribution in [0.4, 0.5) is 5.69 Å². The van der Waals surface area contributed by atoms with E-state index in [1.165, 1.54) is 12.0 Å². The fourth-order valence-electron chi connectivity index (χ4n) is 4.71. The van der Waals surface area contributed by atoms with Gasteiger partial charge in [-0.25, -0.2) is 0 Å². The van der Waals surface area contributed by atoms with Crippen LogP contribution in [0.2, 0.25) is 5.02 Å². The number of Topliss-reactive ketones (excluding diaryl/α,β-unsaturated/α-hetero) is 1. The maximum absolute atomic E-state index is 13.4. The van der Waals surface area contributed by atoms with Crippen LogP contribution in [0.5, 0.6) is 11.5 Å². The predicted octanol–water partition coefficient (Wildman–Crippen LogP) is 5.40. The van der Waals surface area contributed by atoms with Crippen molar-refractivity contribution in [3.05, 3.63) is 93.5 Å². The van der Waals surface area contributed by atoms with E-state index in [-0.39, 0.29) is 29.2 Å². The van der Waals surface area contributed by atoms with E-state index in [0.29, 0.717) is 17.0 Å². The number of aliphatic hydroxyl groups excluding tert-OH is 1. The van der Waals surface area contributed by atoms with Gasteiger partial charge in [0.25, 0.3) is 11.7 Å². The maximum atomic E-state index is 13.4. The summed E-state index contributed by atoms with van der Waals surface area (Å²) in [4.78, 5) is 30.3. The van der Waals surface area contributed by atoms with Crippen molar-refractivity contribution in [2.24, 2.45) is 0 Å². The molecule has 0 aliphatic carbocycles. The van der Waals surface area contributed by atoms with Gasteiger partial charge < -0.3 is 24.4 Å². The molecule has 0 aromatic heterocycles. The van der Waals surface area contributed by atoms with E-state index in [1.807, 2.05) is 74.4 Å². The Bertz CT molecular complexity index is 1380. The molecule has 0 radical (unpaired) electrons. The molecule has 1 saturated heterocycles. The van der Waals surface area contributed by atoms with Crippen molar-refractivity contribution in [1.82, 2.24) is 4.90 Å². The van der Waals surface area contributed by atoms with Crippen LogP contribution in [-0.2, 0) is 16.0 Å². The first-order valence-electron chi connectivity index (χ1n) is 12.2. The minimum atomic E-state index is -0.784. The molecule has 1 aliphatic heterocycles. The zero-order valence-corrected chi connectivity index (χ0v) is 22.9. The summed E-state index contributed by atoms with van der Waals surface area (Å²) < 4.78 is 10.7. The van der Waals surface area contributed by atoms with Gasteiger partial charge >= 0.3 is 0 Å². The second kappa shape index (κ2) is 11.2. The highest BCUT2D eigenvalue weighted by atomic mass is 35.5. The fourth-order valence-corrected chi connectivity index (χ4v) is 5.06. The van der Waals surface area contributed by atoms with Crippen LogP contribution in [0.3, 0.4) is 0 Å². The Morgan fingerprint density at radius 2 is 1.66 bits per heavy atom. The molecule has 1 heterocycles. The van der Waals surface area contributed by atoms with E-state index >= 15 is 0 Å². The molecule has 3 aromatic carbocycles. The Hall–Kier alpha value is -3.97. The second-order valence-corrected chi connectivity index (χ2v) is 9.81. The number of ether oxygens (including phenoxy) is 2. The number of benzene rings is 3. The van der Waals surface area contributed by atoms with Crippen LogP contribution in [0.25, 0.3) is 5.76 Å². The second-order valence-electron chi connectivity index (χ2n) is 9.40. The summed E-state index contributed by atoms with van der Waals surface area (Å²) in [6.07, 6.45) is 0.517. The summed E-state index contributed by atoms with van der Waals surface area (Å²) in [6.45, 7) is 2.10. The Balaban J connectivity index is 1.82. The van der Waals surface area contributed by atoms with Crippen LogP contribution in [0.15, 0.2) is 66.2 Å². The first kappa shape index (κ1) is 27.1. The Kier molecular flexibility index (Phi) is 7.97. The minimum absolute atomic E-state index is 0.00213. The van der Waals surface area contributed by atoms with Crippen molar-refractivity contribution in [2.45, 2.75) is 19.4 Å². The first-order chi connectivity index (χ1) is 18.2. The third kappa shape index (κ3) is 5.20. The van der Waals surface area contributed by atoms with Crippen molar-refractivity contribution in [3.8, 4) is 11.5 Å². The third-order valence-corrected chi connectivity index (χ3v) is 6.99. The Labute approximate surface area is 227 Å². The van der Waals surface area contributed by atoms with Gasteiger partial charge in [0.05, 0.1) is 36.4 Å². The summed E-state index contributed by atoms with van der Waals surface area (Å²) in [5, 5.41) is 11.8. The highest BCUT2D eigenvalue weighted by Gasteiger charge is 2.46. The molecule has 1 unspecified atom stereocenters. The highest BCUT2D eigenvalue weighted by Crippen LogP contribution is 2.43. The van der Waals surface area contributed by atoms with Crippen LogP contribution >= 0.6 is 11.6 Å². The van der Waals surface area contributed by atoms with Gasteiger partial charge in [-0.3, -0.25) is 9.59 Å². The van der Waals surface area contributed by atoms with E-state index in [0.717, 1.165) is 22.6 Å². The summed E-state index contributed by atoms with van der Waals surface area (Å²) in [5.74, 6) is -0.764. The molecule has 198 valence electrons. The van der Waals surface area contributed by atoms with E-state index in [9.17, 15) is 14.7 Å². The molecule has 0 bridgehead atoms. The summed E-state index contributed by atoms with van der Waals surface area (Å²) in [7, 11) is 6.91. The largest absolute Gasteiger partial charge is 0.507 e. The van der Waals surface area contributed by atoms with Crippen molar-refractivity contribution in [2.75, 3.05) is 39.8 Å². The smallest absolute Gasteiger partial charge is 0.295 e. The minimum Gasteiger partial charge on any atom is -0.507 e. The van der Waals surface area contributed by atoms with Crippen LogP contribution < -0.4 is 14.4 Å². The number of halogens is 1. The highest BCUT2D eigenvalue weighted by molar-refractivity contribution is 6.46. The van der Waals surface area contributed by atoms with E-state index in [2.05, 4.69) is 0 Å². The molecule has 7 nitrogen and oxygen atoms in total. The lowest BCUT2D eigenvalue weighted by Crippen LogP contribution is -2.31. The number of aliphatic hydroxyl groups is 1. The van der Waals surface area contributed by atoms with Gasteiger partial charge in [0, 0.05) is 26.3 Å². The van der Waals surface area contributed by atoms with E-state index < -0.39 is 17.7 Å². The zero-order chi connectivity index (χ0) is 27.6. The number of ketones is 1. The molecule has 8 heteroatoms. The Morgan fingerprint density at radius 3 is 2.24 bits per heavy atom. The van der Waals surface area contributed by atoms with Gasteiger partial charge in [-0.2, -0.15) is 0 Å². The molecule has 1 aliphatic rings. The number of carbonyl (C=O) groups is 2. The maximum Gasteiger partial charge on any atom is 0.295 e. The third-order valence-electron chi connectivity index (χ3n) is 6.71. The van der Waals surface area contributed by atoms with Crippen LogP contribution in [0.1, 0.15) is 28.3 Å². The van der Waals surface area contributed by atoms with Crippen molar-refractivity contribution in [3.63, 3.8) is 0 Å². The van der Waals surface area contributed by atoms with Gasteiger partial charge in [-0.15, -0.1) is 0 Å². The summed E-state index contributed by atoms with van der Waals surface area (Å²) >= 11 is 6.38. The number of hydrogen-bond acceptors (Lipinski definition) is 6. The van der Waals surface area contributed by atoms with Gasteiger partial charge in [0.1, 0.15) is 17.3 Å². The molecule has 1 N–H and O–H groups in total. The number of likely N-dealkylation sites (tertiary alicyclic amines) is 1. The average Bonchev–Trinajstić information content (AvgIpc) is 3.16. The molecule has 1 amide bonds. The number of hydrogen-bond donors (Lipinski definition) is 1. The number of methoxy groups -OCH3 is 2. The molecular formula is C30H31ClN2O5. The predicted molar refractivity (Wildman–Crippen MR) is 149 cm³/mol. The molecule has 38 heavy (non-hydrogen) atoms. The van der Waals surface area contributed by atoms with Crippen LogP contribution in [0, 0.1) is 6.92 Å². The molecule has 3 aromatic rings.